The lowest BCUT2D eigenvalue weighted by Crippen LogP contribution is -2.52. The zero-order chi connectivity index (χ0) is 19.5. The summed E-state index contributed by atoms with van der Waals surface area (Å²) in [5, 5.41) is 15.6. The first-order valence-electron chi connectivity index (χ1n) is 10.5. The molecule has 1 aliphatic heterocycles. The molecule has 4 nitrogen and oxygen atoms in total. The quantitative estimate of drug-likeness (QED) is 0.811. The highest BCUT2D eigenvalue weighted by molar-refractivity contribution is 7.12. The molecule has 1 aromatic heterocycles. The molecule has 4 rings (SSSR count). The van der Waals surface area contributed by atoms with Crippen molar-refractivity contribution < 1.29 is 9.90 Å². The molecule has 1 saturated heterocycles. The van der Waals surface area contributed by atoms with Gasteiger partial charge in [0.25, 0.3) is 5.91 Å². The number of aliphatic hydroxyl groups excluding tert-OH is 1. The Balaban J connectivity index is 1.35. The van der Waals surface area contributed by atoms with Crippen molar-refractivity contribution >= 4 is 17.2 Å². The summed E-state index contributed by atoms with van der Waals surface area (Å²) < 4.78 is 0. The Bertz CT molecular complexity index is 793. The molecule has 0 radical (unpaired) electrons. The number of hydrogen-bond donors (Lipinski definition) is 2. The Hall–Kier alpha value is -1.69. The number of hydrogen-bond acceptors (Lipinski definition) is 4. The van der Waals surface area contributed by atoms with Crippen LogP contribution in [0.4, 0.5) is 0 Å². The summed E-state index contributed by atoms with van der Waals surface area (Å²) in [6.07, 6.45) is 6.14. The number of benzene rings is 1. The maximum atomic E-state index is 12.9. The molecule has 1 aromatic carbocycles. The molecule has 2 aliphatic rings. The van der Waals surface area contributed by atoms with E-state index >= 15 is 0 Å². The van der Waals surface area contributed by atoms with Crippen molar-refractivity contribution in [3.8, 4) is 11.1 Å². The average Bonchev–Trinajstić information content (AvgIpc) is 3.20. The third-order valence-corrected chi connectivity index (χ3v) is 7.17. The summed E-state index contributed by atoms with van der Waals surface area (Å²) in [7, 11) is 0. The molecule has 2 atom stereocenters. The van der Waals surface area contributed by atoms with Crippen LogP contribution < -0.4 is 5.32 Å². The number of thiophene rings is 1. The Kier molecular flexibility index (Phi) is 6.14. The molecule has 0 spiro atoms. The summed E-state index contributed by atoms with van der Waals surface area (Å²) >= 11 is 1.51. The number of aryl methyl sites for hydroxylation is 1. The fourth-order valence-corrected chi connectivity index (χ4v) is 5.41. The number of carbonyl (C=O) groups is 1. The number of aliphatic hydroxyl groups is 1. The van der Waals surface area contributed by atoms with E-state index in [2.05, 4.69) is 41.4 Å². The number of carbonyl (C=O) groups excluding carboxylic acids is 1. The van der Waals surface area contributed by atoms with Gasteiger partial charge in [-0.25, -0.2) is 0 Å². The molecular weight excluding hydrogens is 368 g/mol. The third-order valence-electron chi connectivity index (χ3n) is 6.26. The van der Waals surface area contributed by atoms with E-state index in [1.165, 1.54) is 23.3 Å². The predicted molar refractivity (Wildman–Crippen MR) is 115 cm³/mol. The molecule has 150 valence electrons. The van der Waals surface area contributed by atoms with Crippen molar-refractivity contribution in [3.05, 3.63) is 46.2 Å². The molecule has 2 aromatic rings. The first kappa shape index (κ1) is 19.6. The smallest absolute Gasteiger partial charge is 0.262 e. The minimum Gasteiger partial charge on any atom is -0.391 e. The topological polar surface area (TPSA) is 52.6 Å². The van der Waals surface area contributed by atoms with Crippen LogP contribution in [0.25, 0.3) is 11.1 Å². The number of nitrogens with one attached hydrogen (secondary N) is 1. The first-order chi connectivity index (χ1) is 13.6. The lowest BCUT2D eigenvalue weighted by molar-refractivity contribution is 0.00729. The molecule has 28 heavy (non-hydrogen) atoms. The van der Waals surface area contributed by atoms with Gasteiger partial charge in [-0.3, -0.25) is 9.69 Å². The van der Waals surface area contributed by atoms with Gasteiger partial charge in [0.15, 0.2) is 0 Å². The van der Waals surface area contributed by atoms with Crippen molar-refractivity contribution in [2.24, 2.45) is 0 Å². The SMILES string of the molecule is Cc1ccc(-c2ccsc2C(=O)NC2CCN([C@H]3CCCC[C@H]3O)CC2)cc1. The van der Waals surface area contributed by atoms with Gasteiger partial charge in [-0.1, -0.05) is 42.7 Å². The van der Waals surface area contributed by atoms with Crippen molar-refractivity contribution in [3.63, 3.8) is 0 Å². The second-order valence-electron chi connectivity index (χ2n) is 8.23. The Morgan fingerprint density at radius 2 is 1.79 bits per heavy atom. The summed E-state index contributed by atoms with van der Waals surface area (Å²) in [5.74, 6) is 0.0433. The van der Waals surface area contributed by atoms with Gasteiger partial charge in [-0.15, -0.1) is 11.3 Å². The van der Waals surface area contributed by atoms with E-state index in [-0.39, 0.29) is 18.1 Å². The standard InChI is InChI=1S/C23H30N2O2S/c1-16-6-8-17(9-7-16)19-12-15-28-22(19)23(27)24-18-10-13-25(14-11-18)20-4-2-3-5-21(20)26/h6-9,12,15,18,20-21,26H,2-5,10-11,13-14H2,1H3,(H,24,27)/t20-,21+/m0/s1. The van der Waals surface area contributed by atoms with Crippen LogP contribution in [0.1, 0.15) is 53.8 Å². The van der Waals surface area contributed by atoms with Gasteiger partial charge in [-0.05, 0) is 49.6 Å². The van der Waals surface area contributed by atoms with Crippen LogP contribution in [0.15, 0.2) is 35.7 Å². The molecule has 1 amide bonds. The van der Waals surface area contributed by atoms with Gasteiger partial charge < -0.3 is 10.4 Å². The normalized spacial score (nSPS) is 24.2. The summed E-state index contributed by atoms with van der Waals surface area (Å²) in [4.78, 5) is 16.2. The molecule has 5 heteroatoms. The van der Waals surface area contributed by atoms with E-state index in [1.807, 2.05) is 11.4 Å². The zero-order valence-corrected chi connectivity index (χ0v) is 17.4. The van der Waals surface area contributed by atoms with E-state index in [9.17, 15) is 9.90 Å². The Labute approximate surface area is 171 Å². The first-order valence-corrected chi connectivity index (χ1v) is 11.4. The maximum Gasteiger partial charge on any atom is 0.262 e. The number of nitrogens with zero attached hydrogens (tertiary/aromatic N) is 1. The van der Waals surface area contributed by atoms with Crippen LogP contribution in [0.3, 0.4) is 0 Å². The van der Waals surface area contributed by atoms with Gasteiger partial charge in [-0.2, -0.15) is 0 Å². The van der Waals surface area contributed by atoms with E-state index in [0.29, 0.717) is 6.04 Å². The molecule has 2 fully saturated rings. The predicted octanol–water partition coefficient (Wildman–Crippen LogP) is 4.22. The average molecular weight is 399 g/mol. The summed E-state index contributed by atoms with van der Waals surface area (Å²) in [5.41, 5.74) is 3.34. The van der Waals surface area contributed by atoms with E-state index in [1.54, 1.807) is 0 Å². The van der Waals surface area contributed by atoms with Gasteiger partial charge in [0, 0.05) is 30.7 Å². The monoisotopic (exact) mass is 398 g/mol. The van der Waals surface area contributed by atoms with E-state index < -0.39 is 0 Å². The van der Waals surface area contributed by atoms with Gasteiger partial charge >= 0.3 is 0 Å². The van der Waals surface area contributed by atoms with Crippen molar-refractivity contribution in [2.75, 3.05) is 13.1 Å². The molecule has 0 unspecified atom stereocenters. The van der Waals surface area contributed by atoms with Crippen LogP contribution >= 0.6 is 11.3 Å². The Morgan fingerprint density at radius 1 is 1.07 bits per heavy atom. The fraction of sp³-hybridized carbons (Fsp3) is 0.522. The van der Waals surface area contributed by atoms with Crippen LogP contribution in [0, 0.1) is 6.92 Å². The molecule has 2 N–H and O–H groups in total. The largest absolute Gasteiger partial charge is 0.391 e. The number of piperidine rings is 1. The van der Waals surface area contributed by atoms with E-state index in [0.717, 1.165) is 61.2 Å². The highest BCUT2D eigenvalue weighted by atomic mass is 32.1. The molecule has 2 heterocycles. The summed E-state index contributed by atoms with van der Waals surface area (Å²) in [6, 6.07) is 10.9. The lowest BCUT2D eigenvalue weighted by Gasteiger charge is -2.41. The van der Waals surface area contributed by atoms with Crippen LogP contribution in [-0.2, 0) is 0 Å². The minimum atomic E-state index is -0.178. The third kappa shape index (κ3) is 4.32. The number of amides is 1. The second kappa shape index (κ2) is 8.76. The molecule has 1 saturated carbocycles. The Morgan fingerprint density at radius 3 is 2.50 bits per heavy atom. The number of likely N-dealkylation sites (tertiary alicyclic amines) is 1. The van der Waals surface area contributed by atoms with Gasteiger partial charge in [0.1, 0.15) is 0 Å². The number of rotatable bonds is 4. The molecule has 1 aliphatic carbocycles. The van der Waals surface area contributed by atoms with Crippen LogP contribution in [0.5, 0.6) is 0 Å². The maximum absolute atomic E-state index is 12.9. The zero-order valence-electron chi connectivity index (χ0n) is 16.6. The summed E-state index contributed by atoms with van der Waals surface area (Å²) in [6.45, 7) is 3.99. The lowest BCUT2D eigenvalue weighted by atomic mass is 9.89. The van der Waals surface area contributed by atoms with Gasteiger partial charge in [0.2, 0.25) is 0 Å². The van der Waals surface area contributed by atoms with Crippen LogP contribution in [-0.4, -0.2) is 47.2 Å². The highest BCUT2D eigenvalue weighted by Gasteiger charge is 2.32. The fourth-order valence-electron chi connectivity index (χ4n) is 4.59. The van der Waals surface area contributed by atoms with Crippen molar-refractivity contribution in [1.82, 2.24) is 10.2 Å². The molecule has 0 bridgehead atoms. The second-order valence-corrected chi connectivity index (χ2v) is 9.15. The van der Waals surface area contributed by atoms with Crippen molar-refractivity contribution in [2.45, 2.75) is 63.6 Å². The minimum absolute atomic E-state index is 0.0433. The van der Waals surface area contributed by atoms with Crippen molar-refractivity contribution in [1.29, 1.82) is 0 Å². The van der Waals surface area contributed by atoms with Gasteiger partial charge in [0.05, 0.1) is 11.0 Å². The highest BCUT2D eigenvalue weighted by Crippen LogP contribution is 2.29. The molecular formula is C23H30N2O2S. The van der Waals surface area contributed by atoms with Crippen LogP contribution in [0.2, 0.25) is 0 Å². The van der Waals surface area contributed by atoms with E-state index in [4.69, 9.17) is 0 Å².